The van der Waals surface area contributed by atoms with E-state index in [1.54, 1.807) is 12.1 Å². The Labute approximate surface area is 124 Å². The second-order valence-corrected chi connectivity index (χ2v) is 4.87. The number of aromatic nitrogens is 1. The number of benzene rings is 1. The van der Waals surface area contributed by atoms with Gasteiger partial charge >= 0.3 is 0 Å². The second kappa shape index (κ2) is 7.40. The summed E-state index contributed by atoms with van der Waals surface area (Å²) in [7, 11) is 0. The van der Waals surface area contributed by atoms with Gasteiger partial charge in [0.05, 0.1) is 0 Å². The molecule has 21 heavy (non-hydrogen) atoms. The lowest BCUT2D eigenvalue weighted by atomic mass is 10.1. The summed E-state index contributed by atoms with van der Waals surface area (Å²) in [5.74, 6) is 5.71. The lowest BCUT2D eigenvalue weighted by Gasteiger charge is -2.08. The molecule has 0 saturated carbocycles. The van der Waals surface area contributed by atoms with E-state index < -0.39 is 0 Å². The summed E-state index contributed by atoms with van der Waals surface area (Å²) in [6.07, 6.45) is 1.86. The van der Waals surface area contributed by atoms with Gasteiger partial charge < -0.3 is 10.7 Å². The Balaban J connectivity index is 1.83. The Morgan fingerprint density at radius 1 is 1.24 bits per heavy atom. The lowest BCUT2D eigenvalue weighted by Crippen LogP contribution is -2.25. The fourth-order valence-electron chi connectivity index (χ4n) is 2.11. The SMILES string of the molecule is Cc1cc(C(=O)NCCCc2ccccc2)cc(NN)n1. The van der Waals surface area contributed by atoms with E-state index in [9.17, 15) is 4.79 Å². The third-order valence-electron chi connectivity index (χ3n) is 3.13. The molecule has 0 atom stereocenters. The summed E-state index contributed by atoms with van der Waals surface area (Å²) in [6, 6.07) is 13.6. The molecule has 0 bridgehead atoms. The average molecular weight is 284 g/mol. The molecule has 1 amide bonds. The number of rotatable bonds is 6. The molecule has 0 saturated heterocycles. The maximum Gasteiger partial charge on any atom is 0.251 e. The number of amides is 1. The lowest BCUT2D eigenvalue weighted by molar-refractivity contribution is 0.0953. The standard InChI is InChI=1S/C16H20N4O/c1-12-10-14(11-15(19-12)20-17)16(21)18-9-5-8-13-6-3-2-4-7-13/h2-4,6-7,10-11H,5,8-9,17H2,1H3,(H,18,21)(H,19,20). The molecule has 0 radical (unpaired) electrons. The summed E-state index contributed by atoms with van der Waals surface area (Å²) < 4.78 is 0. The first kappa shape index (κ1) is 15.0. The van der Waals surface area contributed by atoms with Gasteiger partial charge in [-0.2, -0.15) is 0 Å². The van der Waals surface area contributed by atoms with Crippen LogP contribution in [0.15, 0.2) is 42.5 Å². The van der Waals surface area contributed by atoms with Crippen molar-refractivity contribution in [1.82, 2.24) is 10.3 Å². The van der Waals surface area contributed by atoms with Gasteiger partial charge in [0.2, 0.25) is 0 Å². The highest BCUT2D eigenvalue weighted by molar-refractivity contribution is 5.94. The predicted molar refractivity (Wildman–Crippen MR) is 83.9 cm³/mol. The Kier molecular flexibility index (Phi) is 5.29. The first-order chi connectivity index (χ1) is 10.2. The number of aryl methyl sites for hydroxylation is 2. The highest BCUT2D eigenvalue weighted by atomic mass is 16.1. The molecular formula is C16H20N4O. The molecule has 110 valence electrons. The largest absolute Gasteiger partial charge is 0.352 e. The topological polar surface area (TPSA) is 80.0 Å². The molecule has 0 unspecified atom stereocenters. The first-order valence-electron chi connectivity index (χ1n) is 6.96. The van der Waals surface area contributed by atoms with Crippen LogP contribution in [0.1, 0.15) is 28.0 Å². The fraction of sp³-hybridized carbons (Fsp3) is 0.250. The summed E-state index contributed by atoms with van der Waals surface area (Å²) in [5, 5.41) is 2.91. The van der Waals surface area contributed by atoms with Gasteiger partial charge in [-0.25, -0.2) is 10.8 Å². The highest BCUT2D eigenvalue weighted by Gasteiger charge is 2.07. The molecule has 2 rings (SSSR count). The smallest absolute Gasteiger partial charge is 0.251 e. The van der Waals surface area contributed by atoms with E-state index in [4.69, 9.17) is 5.84 Å². The zero-order valence-electron chi connectivity index (χ0n) is 12.1. The fourth-order valence-corrected chi connectivity index (χ4v) is 2.11. The monoisotopic (exact) mass is 284 g/mol. The number of anilines is 1. The summed E-state index contributed by atoms with van der Waals surface area (Å²) in [6.45, 7) is 2.47. The maximum atomic E-state index is 12.1. The quantitative estimate of drug-likeness (QED) is 0.431. The molecular weight excluding hydrogens is 264 g/mol. The van der Waals surface area contributed by atoms with Gasteiger partial charge in [0.1, 0.15) is 5.82 Å². The number of pyridine rings is 1. The van der Waals surface area contributed by atoms with Crippen LogP contribution in [-0.2, 0) is 6.42 Å². The summed E-state index contributed by atoms with van der Waals surface area (Å²) in [4.78, 5) is 16.2. The van der Waals surface area contributed by atoms with Gasteiger partial charge in [-0.3, -0.25) is 4.79 Å². The van der Waals surface area contributed by atoms with E-state index >= 15 is 0 Å². The number of hydrazine groups is 1. The zero-order valence-corrected chi connectivity index (χ0v) is 12.1. The van der Waals surface area contributed by atoms with E-state index in [1.165, 1.54) is 5.56 Å². The van der Waals surface area contributed by atoms with Crippen molar-refractivity contribution >= 4 is 11.7 Å². The predicted octanol–water partition coefficient (Wildman–Crippen LogP) is 2.04. The number of nitrogen functional groups attached to an aromatic ring is 1. The van der Waals surface area contributed by atoms with Crippen LogP contribution in [0.25, 0.3) is 0 Å². The summed E-state index contributed by atoms with van der Waals surface area (Å²) >= 11 is 0. The van der Waals surface area contributed by atoms with Crippen molar-refractivity contribution in [3.05, 3.63) is 59.3 Å². The molecule has 1 aromatic heterocycles. The molecule has 5 nitrogen and oxygen atoms in total. The second-order valence-electron chi connectivity index (χ2n) is 4.87. The first-order valence-corrected chi connectivity index (χ1v) is 6.96. The molecule has 5 heteroatoms. The Morgan fingerprint density at radius 2 is 2.00 bits per heavy atom. The highest BCUT2D eigenvalue weighted by Crippen LogP contribution is 2.09. The van der Waals surface area contributed by atoms with Crippen molar-refractivity contribution in [1.29, 1.82) is 0 Å². The number of carbonyl (C=O) groups is 1. The number of nitrogens with two attached hydrogens (primary N) is 1. The van der Waals surface area contributed by atoms with Gasteiger partial charge in [0.25, 0.3) is 5.91 Å². The summed E-state index contributed by atoms with van der Waals surface area (Å²) in [5.41, 5.74) is 5.05. The van der Waals surface area contributed by atoms with Gasteiger partial charge in [0.15, 0.2) is 0 Å². The molecule has 1 aromatic carbocycles. The van der Waals surface area contributed by atoms with Crippen LogP contribution in [0.5, 0.6) is 0 Å². The van der Waals surface area contributed by atoms with E-state index in [-0.39, 0.29) is 5.91 Å². The molecule has 0 aliphatic heterocycles. The van der Waals surface area contributed by atoms with Crippen molar-refractivity contribution < 1.29 is 4.79 Å². The van der Waals surface area contributed by atoms with Crippen molar-refractivity contribution in [2.75, 3.05) is 12.0 Å². The van der Waals surface area contributed by atoms with Crippen LogP contribution in [0.2, 0.25) is 0 Å². The molecule has 1 heterocycles. The average Bonchev–Trinajstić information content (AvgIpc) is 2.51. The van der Waals surface area contributed by atoms with Crippen molar-refractivity contribution in [2.24, 2.45) is 5.84 Å². The number of carbonyl (C=O) groups excluding carboxylic acids is 1. The van der Waals surface area contributed by atoms with Crippen molar-refractivity contribution in [3.8, 4) is 0 Å². The Hall–Kier alpha value is -2.40. The Morgan fingerprint density at radius 3 is 2.71 bits per heavy atom. The van der Waals surface area contributed by atoms with Crippen LogP contribution in [0.4, 0.5) is 5.82 Å². The van der Waals surface area contributed by atoms with E-state index in [0.29, 0.717) is 17.9 Å². The normalized spacial score (nSPS) is 10.2. The zero-order chi connectivity index (χ0) is 15.1. The van der Waals surface area contributed by atoms with Crippen LogP contribution >= 0.6 is 0 Å². The molecule has 0 aliphatic carbocycles. The van der Waals surface area contributed by atoms with Gasteiger partial charge in [0, 0.05) is 17.8 Å². The van der Waals surface area contributed by atoms with Crippen LogP contribution in [0.3, 0.4) is 0 Å². The van der Waals surface area contributed by atoms with Gasteiger partial charge in [-0.1, -0.05) is 30.3 Å². The Bertz CT molecular complexity index is 598. The van der Waals surface area contributed by atoms with Crippen LogP contribution in [0, 0.1) is 6.92 Å². The van der Waals surface area contributed by atoms with E-state index in [1.807, 2.05) is 25.1 Å². The molecule has 4 N–H and O–H groups in total. The van der Waals surface area contributed by atoms with Crippen molar-refractivity contribution in [3.63, 3.8) is 0 Å². The molecule has 2 aromatic rings. The third kappa shape index (κ3) is 4.57. The minimum absolute atomic E-state index is 0.106. The third-order valence-corrected chi connectivity index (χ3v) is 3.13. The van der Waals surface area contributed by atoms with Gasteiger partial charge in [-0.15, -0.1) is 0 Å². The number of nitrogens with zero attached hydrogens (tertiary/aromatic N) is 1. The maximum absolute atomic E-state index is 12.1. The minimum Gasteiger partial charge on any atom is -0.352 e. The molecule has 0 aliphatic rings. The molecule has 0 spiro atoms. The van der Waals surface area contributed by atoms with E-state index in [2.05, 4.69) is 27.9 Å². The van der Waals surface area contributed by atoms with Crippen LogP contribution < -0.4 is 16.6 Å². The number of hydrogen-bond acceptors (Lipinski definition) is 4. The van der Waals surface area contributed by atoms with Crippen LogP contribution in [-0.4, -0.2) is 17.4 Å². The molecule has 0 fully saturated rings. The number of hydrogen-bond donors (Lipinski definition) is 3. The van der Waals surface area contributed by atoms with Gasteiger partial charge in [-0.05, 0) is 37.5 Å². The minimum atomic E-state index is -0.106. The van der Waals surface area contributed by atoms with E-state index in [0.717, 1.165) is 18.5 Å². The van der Waals surface area contributed by atoms with Crippen molar-refractivity contribution in [2.45, 2.75) is 19.8 Å². The number of nitrogens with one attached hydrogen (secondary N) is 2.